The van der Waals surface area contributed by atoms with Crippen LogP contribution in [-0.2, 0) is 10.0 Å². The van der Waals surface area contributed by atoms with Gasteiger partial charge in [0.25, 0.3) is 0 Å². The summed E-state index contributed by atoms with van der Waals surface area (Å²) in [5.41, 5.74) is 4.83. The first-order valence-electron chi connectivity index (χ1n) is 6.22. The first-order valence-corrected chi connectivity index (χ1v) is 7.70. The summed E-state index contributed by atoms with van der Waals surface area (Å²) in [5.74, 6) is -2.17. The number of aliphatic hydroxyl groups is 1. The van der Waals surface area contributed by atoms with Crippen LogP contribution in [0.15, 0.2) is 17.0 Å². The fourth-order valence-electron chi connectivity index (χ4n) is 2.29. The second kappa shape index (κ2) is 5.63. The minimum absolute atomic E-state index is 0.0145. The van der Waals surface area contributed by atoms with Crippen LogP contribution in [0.1, 0.15) is 19.3 Å². The monoisotopic (exact) mass is 306 g/mol. The van der Waals surface area contributed by atoms with Crippen molar-refractivity contribution in [3.63, 3.8) is 0 Å². The van der Waals surface area contributed by atoms with Crippen LogP contribution in [0.25, 0.3) is 0 Å². The molecule has 0 aromatic heterocycles. The normalized spacial score (nSPS) is 23.1. The third-order valence-electron chi connectivity index (χ3n) is 3.42. The van der Waals surface area contributed by atoms with Crippen molar-refractivity contribution in [3.05, 3.63) is 23.8 Å². The summed E-state index contributed by atoms with van der Waals surface area (Å²) in [5, 5.41) is 9.36. The van der Waals surface area contributed by atoms with Gasteiger partial charge in [-0.1, -0.05) is 0 Å². The summed E-state index contributed by atoms with van der Waals surface area (Å²) in [4.78, 5) is -0.671. The molecule has 0 aliphatic heterocycles. The van der Waals surface area contributed by atoms with E-state index in [1.165, 1.54) is 0 Å². The molecule has 20 heavy (non-hydrogen) atoms. The van der Waals surface area contributed by atoms with Crippen molar-refractivity contribution >= 4 is 15.7 Å². The molecule has 0 saturated heterocycles. The highest BCUT2D eigenvalue weighted by atomic mass is 32.2. The molecule has 8 heteroatoms. The van der Waals surface area contributed by atoms with E-state index in [1.807, 2.05) is 0 Å². The van der Waals surface area contributed by atoms with Gasteiger partial charge in [0.2, 0.25) is 10.0 Å². The molecular formula is C12H16F2N2O3S. The number of benzene rings is 1. The Morgan fingerprint density at radius 3 is 2.60 bits per heavy atom. The molecule has 2 atom stereocenters. The van der Waals surface area contributed by atoms with Crippen LogP contribution in [0.5, 0.6) is 0 Å². The van der Waals surface area contributed by atoms with Crippen molar-refractivity contribution in [2.45, 2.75) is 30.3 Å². The van der Waals surface area contributed by atoms with Gasteiger partial charge in [-0.05, 0) is 31.2 Å². The van der Waals surface area contributed by atoms with Gasteiger partial charge in [0, 0.05) is 12.6 Å². The van der Waals surface area contributed by atoms with Crippen LogP contribution < -0.4 is 10.5 Å². The number of anilines is 1. The van der Waals surface area contributed by atoms with Gasteiger partial charge in [-0.2, -0.15) is 0 Å². The number of hydrogen-bond acceptors (Lipinski definition) is 4. The maximum atomic E-state index is 13.5. The number of halogens is 2. The van der Waals surface area contributed by atoms with Gasteiger partial charge in [-0.25, -0.2) is 21.9 Å². The third-order valence-corrected chi connectivity index (χ3v) is 4.85. The maximum absolute atomic E-state index is 13.5. The van der Waals surface area contributed by atoms with Crippen molar-refractivity contribution < 1.29 is 22.3 Å². The first-order chi connectivity index (χ1) is 9.29. The molecule has 0 amide bonds. The lowest BCUT2D eigenvalue weighted by Gasteiger charge is -2.12. The van der Waals surface area contributed by atoms with E-state index in [-0.39, 0.29) is 12.5 Å². The van der Waals surface area contributed by atoms with Crippen LogP contribution in [0.3, 0.4) is 0 Å². The largest absolute Gasteiger partial charge is 0.396 e. The van der Waals surface area contributed by atoms with E-state index in [1.54, 1.807) is 0 Å². The molecule has 1 fully saturated rings. The van der Waals surface area contributed by atoms with E-state index >= 15 is 0 Å². The number of sulfonamides is 1. The zero-order valence-electron chi connectivity index (χ0n) is 10.6. The van der Waals surface area contributed by atoms with Crippen molar-refractivity contribution in [1.29, 1.82) is 0 Å². The first kappa shape index (κ1) is 15.1. The molecule has 1 aliphatic rings. The average Bonchev–Trinajstić information content (AvgIpc) is 2.77. The molecule has 0 radical (unpaired) electrons. The van der Waals surface area contributed by atoms with Crippen molar-refractivity contribution in [3.8, 4) is 0 Å². The molecule has 0 bridgehead atoms. The summed E-state index contributed by atoms with van der Waals surface area (Å²) < 4.78 is 52.7. The van der Waals surface area contributed by atoms with Gasteiger partial charge in [0.1, 0.15) is 16.5 Å². The predicted molar refractivity (Wildman–Crippen MR) is 69.3 cm³/mol. The van der Waals surface area contributed by atoms with Crippen LogP contribution in [0.2, 0.25) is 0 Å². The second-order valence-electron chi connectivity index (χ2n) is 4.99. The summed E-state index contributed by atoms with van der Waals surface area (Å²) >= 11 is 0. The van der Waals surface area contributed by atoms with Crippen LogP contribution in [-0.4, -0.2) is 26.2 Å². The fraction of sp³-hybridized carbons (Fsp3) is 0.500. The Morgan fingerprint density at radius 1 is 1.30 bits per heavy atom. The van der Waals surface area contributed by atoms with Crippen molar-refractivity contribution in [2.75, 3.05) is 12.3 Å². The Morgan fingerprint density at radius 2 is 2.00 bits per heavy atom. The molecule has 0 heterocycles. The Balaban J connectivity index is 2.12. The fourth-order valence-corrected chi connectivity index (χ4v) is 3.50. The SMILES string of the molecule is Nc1cc(S(=O)(=O)NCC2CCC(O)C2)c(F)cc1F. The third kappa shape index (κ3) is 3.25. The zero-order valence-corrected chi connectivity index (χ0v) is 11.5. The van der Waals surface area contributed by atoms with Crippen LogP contribution in [0, 0.1) is 17.6 Å². The van der Waals surface area contributed by atoms with E-state index in [9.17, 15) is 22.3 Å². The highest BCUT2D eigenvalue weighted by Crippen LogP contribution is 2.26. The molecule has 1 saturated carbocycles. The smallest absolute Gasteiger partial charge is 0.243 e. The number of rotatable bonds is 4. The number of aliphatic hydroxyl groups excluding tert-OH is 1. The lowest BCUT2D eigenvalue weighted by atomic mass is 10.1. The number of nitrogen functional groups attached to an aromatic ring is 1. The molecule has 2 rings (SSSR count). The second-order valence-corrected chi connectivity index (χ2v) is 6.72. The molecule has 1 aromatic rings. The summed E-state index contributed by atoms with van der Waals surface area (Å²) in [6.45, 7) is 0.107. The molecule has 5 nitrogen and oxygen atoms in total. The van der Waals surface area contributed by atoms with Gasteiger partial charge >= 0.3 is 0 Å². The molecule has 2 unspecified atom stereocenters. The average molecular weight is 306 g/mol. The summed E-state index contributed by atoms with van der Waals surface area (Å²) in [6, 6.07) is 1.21. The van der Waals surface area contributed by atoms with E-state index in [0.717, 1.165) is 6.07 Å². The Kier molecular flexibility index (Phi) is 4.26. The van der Waals surface area contributed by atoms with E-state index in [4.69, 9.17) is 5.73 Å². The van der Waals surface area contributed by atoms with E-state index in [0.29, 0.717) is 25.3 Å². The van der Waals surface area contributed by atoms with Crippen LogP contribution >= 0.6 is 0 Å². The maximum Gasteiger partial charge on any atom is 0.243 e. The molecule has 112 valence electrons. The molecule has 1 aromatic carbocycles. The standard InChI is InChI=1S/C12H16F2N2O3S/c13-9-4-10(14)12(5-11(9)15)20(18,19)16-6-7-1-2-8(17)3-7/h4-5,7-8,16-17H,1-3,6,15H2. The number of nitrogens with two attached hydrogens (primary N) is 1. The zero-order chi connectivity index (χ0) is 14.9. The van der Waals surface area contributed by atoms with Gasteiger partial charge in [-0.3, -0.25) is 0 Å². The minimum atomic E-state index is -4.09. The summed E-state index contributed by atoms with van der Waals surface area (Å²) in [6.07, 6.45) is 1.43. The van der Waals surface area contributed by atoms with Gasteiger partial charge in [-0.15, -0.1) is 0 Å². The Bertz CT molecular complexity index is 607. The molecule has 4 N–H and O–H groups in total. The van der Waals surface area contributed by atoms with E-state index in [2.05, 4.69) is 4.72 Å². The Hall–Kier alpha value is -1.25. The van der Waals surface area contributed by atoms with Crippen molar-refractivity contribution in [2.24, 2.45) is 5.92 Å². The number of nitrogens with one attached hydrogen (secondary N) is 1. The van der Waals surface area contributed by atoms with Gasteiger partial charge in [0.05, 0.1) is 11.8 Å². The highest BCUT2D eigenvalue weighted by molar-refractivity contribution is 7.89. The topological polar surface area (TPSA) is 92.4 Å². The molecule has 0 spiro atoms. The van der Waals surface area contributed by atoms with E-state index < -0.39 is 38.3 Å². The number of hydrogen-bond donors (Lipinski definition) is 3. The highest BCUT2D eigenvalue weighted by Gasteiger charge is 2.26. The predicted octanol–water partition coefficient (Wildman–Crippen LogP) is 0.986. The minimum Gasteiger partial charge on any atom is -0.396 e. The lowest BCUT2D eigenvalue weighted by Crippen LogP contribution is -2.29. The van der Waals surface area contributed by atoms with Crippen molar-refractivity contribution in [1.82, 2.24) is 4.72 Å². The van der Waals surface area contributed by atoms with Gasteiger partial charge < -0.3 is 10.8 Å². The van der Waals surface area contributed by atoms with Gasteiger partial charge in [0.15, 0.2) is 0 Å². The lowest BCUT2D eigenvalue weighted by molar-refractivity contribution is 0.178. The molecule has 1 aliphatic carbocycles. The summed E-state index contributed by atoms with van der Waals surface area (Å²) in [7, 11) is -4.09. The molecular weight excluding hydrogens is 290 g/mol. The quantitative estimate of drug-likeness (QED) is 0.723. The van der Waals surface area contributed by atoms with Crippen LogP contribution in [0.4, 0.5) is 14.5 Å². The Labute approximate surface area is 115 Å².